The third kappa shape index (κ3) is 34.9. The Morgan fingerprint density at radius 2 is 0.900 bits per heavy atom. The second kappa shape index (κ2) is 30.6. The van der Waals surface area contributed by atoms with E-state index < -0.39 is 5.97 Å². The van der Waals surface area contributed by atoms with Gasteiger partial charge >= 0.3 is 5.97 Å². The van der Waals surface area contributed by atoms with Crippen LogP contribution < -0.4 is 10.9 Å². The van der Waals surface area contributed by atoms with Gasteiger partial charge in [0.25, 0.3) is 0 Å². The average Bonchev–Trinajstić information content (AvgIpc) is 2.74. The van der Waals surface area contributed by atoms with Gasteiger partial charge in [-0.2, -0.15) is 0 Å². The lowest BCUT2D eigenvalue weighted by Crippen LogP contribution is -2.27. The first kappa shape index (κ1) is 31.6. The highest BCUT2D eigenvalue weighted by atomic mass is 16.4. The van der Waals surface area contributed by atoms with E-state index in [9.17, 15) is 4.79 Å². The highest BCUT2D eigenvalue weighted by Crippen LogP contribution is 2.14. The standard InChI is InChI=1S/C22H44O2.C4H12N2/c1-2-3-4-5-6-7-8-9-10-11-12-13-14-15-16-17-18-19-20-21-22(23)24;1-3-4-6-5-2/h2-21H2,1H3,(H,23,24);5-6H,3-4H2,1-2H3. The summed E-state index contributed by atoms with van der Waals surface area (Å²) in [6, 6.07) is 0. The summed E-state index contributed by atoms with van der Waals surface area (Å²) in [6.07, 6.45) is 27.3. The molecule has 0 saturated heterocycles. The van der Waals surface area contributed by atoms with E-state index >= 15 is 0 Å². The van der Waals surface area contributed by atoms with Crippen LogP contribution in [0.15, 0.2) is 0 Å². The van der Waals surface area contributed by atoms with Crippen LogP contribution in [0, 0.1) is 0 Å². The maximum Gasteiger partial charge on any atom is 0.303 e. The average molecular weight is 429 g/mol. The number of hydrogen-bond donors (Lipinski definition) is 3. The van der Waals surface area contributed by atoms with E-state index in [1.807, 2.05) is 7.05 Å². The van der Waals surface area contributed by atoms with Gasteiger partial charge in [0, 0.05) is 13.0 Å². The molecule has 3 N–H and O–H groups in total. The number of hydrazine groups is 1. The third-order valence-corrected chi connectivity index (χ3v) is 5.55. The van der Waals surface area contributed by atoms with Crippen LogP contribution in [0.5, 0.6) is 0 Å². The monoisotopic (exact) mass is 428 g/mol. The van der Waals surface area contributed by atoms with Crippen LogP contribution in [0.4, 0.5) is 0 Å². The van der Waals surface area contributed by atoms with Crippen molar-refractivity contribution in [2.75, 3.05) is 13.6 Å². The summed E-state index contributed by atoms with van der Waals surface area (Å²) >= 11 is 0. The molecule has 0 aromatic carbocycles. The molecule has 30 heavy (non-hydrogen) atoms. The molecule has 0 bridgehead atoms. The van der Waals surface area contributed by atoms with E-state index in [1.165, 1.54) is 116 Å². The first-order valence-corrected chi connectivity index (χ1v) is 13.3. The zero-order valence-electron chi connectivity index (χ0n) is 20.9. The second-order valence-electron chi connectivity index (χ2n) is 8.68. The largest absolute Gasteiger partial charge is 0.481 e. The predicted molar refractivity (Wildman–Crippen MR) is 133 cm³/mol. The topological polar surface area (TPSA) is 61.4 Å². The summed E-state index contributed by atoms with van der Waals surface area (Å²) < 4.78 is 0. The number of unbranched alkanes of at least 4 members (excludes halogenated alkanes) is 18. The smallest absolute Gasteiger partial charge is 0.303 e. The van der Waals surface area contributed by atoms with Crippen LogP contribution >= 0.6 is 0 Å². The Morgan fingerprint density at radius 3 is 1.13 bits per heavy atom. The Bertz CT molecular complexity index is 307. The Morgan fingerprint density at radius 1 is 0.567 bits per heavy atom. The Balaban J connectivity index is 0. The molecule has 0 aliphatic heterocycles. The van der Waals surface area contributed by atoms with Gasteiger partial charge in [0.15, 0.2) is 0 Å². The van der Waals surface area contributed by atoms with Crippen LogP contribution in [0.3, 0.4) is 0 Å². The fourth-order valence-electron chi connectivity index (χ4n) is 3.60. The van der Waals surface area contributed by atoms with Crippen LogP contribution in [-0.2, 0) is 4.79 Å². The van der Waals surface area contributed by atoms with Crippen molar-refractivity contribution < 1.29 is 9.90 Å². The molecule has 0 atom stereocenters. The minimum absolute atomic E-state index is 0.346. The lowest BCUT2D eigenvalue weighted by Gasteiger charge is -2.03. The molecule has 4 heteroatoms. The van der Waals surface area contributed by atoms with E-state index in [0.717, 1.165) is 19.4 Å². The maximum atomic E-state index is 10.4. The fourth-order valence-corrected chi connectivity index (χ4v) is 3.60. The molecule has 0 aliphatic rings. The molecule has 0 spiro atoms. The molecule has 182 valence electrons. The number of hydrogen-bond acceptors (Lipinski definition) is 3. The van der Waals surface area contributed by atoms with Crippen LogP contribution in [0.2, 0.25) is 0 Å². The first-order valence-electron chi connectivity index (χ1n) is 13.3. The fraction of sp³-hybridized carbons (Fsp3) is 0.962. The number of rotatable bonds is 23. The van der Waals surface area contributed by atoms with Crippen molar-refractivity contribution in [2.45, 2.75) is 149 Å². The third-order valence-electron chi connectivity index (χ3n) is 5.55. The second-order valence-corrected chi connectivity index (χ2v) is 8.68. The predicted octanol–water partition coefficient (Wildman–Crippen LogP) is 8.01. The van der Waals surface area contributed by atoms with E-state index in [1.54, 1.807) is 0 Å². The molecule has 0 fully saturated rings. The highest BCUT2D eigenvalue weighted by molar-refractivity contribution is 5.66. The van der Waals surface area contributed by atoms with E-state index in [2.05, 4.69) is 24.7 Å². The summed E-state index contributed by atoms with van der Waals surface area (Å²) in [5.41, 5.74) is 5.77. The minimum Gasteiger partial charge on any atom is -0.481 e. The van der Waals surface area contributed by atoms with Crippen LogP contribution in [0.1, 0.15) is 149 Å². The molecule has 0 aromatic heterocycles. The summed E-state index contributed by atoms with van der Waals surface area (Å²) in [6.45, 7) is 5.46. The van der Waals surface area contributed by atoms with Crippen molar-refractivity contribution >= 4 is 5.97 Å². The van der Waals surface area contributed by atoms with E-state index in [-0.39, 0.29) is 0 Å². The molecular formula is C26H56N2O2. The summed E-state index contributed by atoms with van der Waals surface area (Å²) in [4.78, 5) is 10.4. The molecule has 0 rings (SSSR count). The van der Waals surface area contributed by atoms with Crippen LogP contribution in [0.25, 0.3) is 0 Å². The number of nitrogens with one attached hydrogen (secondary N) is 2. The zero-order chi connectivity index (χ0) is 22.5. The molecular weight excluding hydrogens is 372 g/mol. The molecule has 0 saturated carbocycles. The van der Waals surface area contributed by atoms with Crippen molar-refractivity contribution in [1.29, 1.82) is 0 Å². The summed E-state index contributed by atoms with van der Waals surface area (Å²) in [5, 5.41) is 8.56. The van der Waals surface area contributed by atoms with Crippen molar-refractivity contribution in [3.05, 3.63) is 0 Å². The molecule has 0 amide bonds. The van der Waals surface area contributed by atoms with Gasteiger partial charge in [-0.25, -0.2) is 0 Å². The molecule has 0 aliphatic carbocycles. The van der Waals surface area contributed by atoms with Gasteiger partial charge in [-0.15, -0.1) is 0 Å². The van der Waals surface area contributed by atoms with Crippen molar-refractivity contribution in [2.24, 2.45) is 0 Å². The van der Waals surface area contributed by atoms with Gasteiger partial charge < -0.3 is 5.11 Å². The van der Waals surface area contributed by atoms with Gasteiger partial charge in [0.05, 0.1) is 0 Å². The molecule has 0 radical (unpaired) electrons. The quantitative estimate of drug-likeness (QED) is 0.114. The van der Waals surface area contributed by atoms with Gasteiger partial charge in [0.1, 0.15) is 0 Å². The lowest BCUT2D eigenvalue weighted by molar-refractivity contribution is -0.137. The Hall–Kier alpha value is -0.610. The van der Waals surface area contributed by atoms with Crippen molar-refractivity contribution in [3.8, 4) is 0 Å². The van der Waals surface area contributed by atoms with Gasteiger partial charge in [-0.3, -0.25) is 15.6 Å². The molecule has 4 nitrogen and oxygen atoms in total. The Kier molecular flexibility index (Phi) is 32.2. The zero-order valence-corrected chi connectivity index (χ0v) is 20.9. The molecule has 0 heterocycles. The highest BCUT2D eigenvalue weighted by Gasteiger charge is 1.97. The SMILES string of the molecule is CCCCCCCCCCCCCCCCCCCCCC(=O)O.CCCNNC. The summed E-state index contributed by atoms with van der Waals surface area (Å²) in [7, 11) is 1.87. The van der Waals surface area contributed by atoms with Crippen molar-refractivity contribution in [3.63, 3.8) is 0 Å². The van der Waals surface area contributed by atoms with Gasteiger partial charge in [-0.1, -0.05) is 129 Å². The normalized spacial score (nSPS) is 10.6. The first-order chi connectivity index (χ1) is 14.7. The Labute approximate surface area is 189 Å². The lowest BCUT2D eigenvalue weighted by atomic mass is 10.0. The molecule has 0 unspecified atom stereocenters. The number of carboxylic acids is 1. The van der Waals surface area contributed by atoms with Crippen molar-refractivity contribution in [1.82, 2.24) is 10.9 Å². The summed E-state index contributed by atoms with van der Waals surface area (Å²) in [5.74, 6) is -0.651. The number of carbonyl (C=O) groups is 1. The van der Waals surface area contributed by atoms with E-state index in [4.69, 9.17) is 5.11 Å². The van der Waals surface area contributed by atoms with Gasteiger partial charge in [0.2, 0.25) is 0 Å². The van der Waals surface area contributed by atoms with Crippen LogP contribution in [-0.4, -0.2) is 24.7 Å². The molecule has 0 aromatic rings. The van der Waals surface area contributed by atoms with Gasteiger partial charge in [-0.05, 0) is 19.9 Å². The maximum absolute atomic E-state index is 10.4. The van der Waals surface area contributed by atoms with E-state index in [0.29, 0.717) is 6.42 Å². The number of carboxylic acid groups (broad SMARTS) is 1. The minimum atomic E-state index is -0.651. The number of aliphatic carboxylic acids is 1.